The number of halogens is 2. The number of nitrogens with one attached hydrogen (secondary N) is 1. The normalized spacial score (nSPS) is 10.3. The van der Waals surface area contributed by atoms with Crippen LogP contribution in [0.5, 0.6) is 0 Å². The third kappa shape index (κ3) is 4.07. The fourth-order valence-electron chi connectivity index (χ4n) is 1.28. The highest BCUT2D eigenvalue weighted by Crippen LogP contribution is 2.29. The number of anilines is 1. The molecular weight excluding hydrogens is 263 g/mol. The minimum Gasteiger partial charge on any atom is -0.397 e. The molecule has 1 aromatic carbocycles. The van der Waals surface area contributed by atoms with E-state index in [1.165, 1.54) is 12.1 Å². The average molecular weight is 277 g/mol. The molecule has 0 fully saturated rings. The van der Waals surface area contributed by atoms with E-state index in [2.05, 4.69) is 5.32 Å². The summed E-state index contributed by atoms with van der Waals surface area (Å²) in [5, 5.41) is 11.8. The zero-order valence-electron chi connectivity index (χ0n) is 9.17. The number of hydrogen-bond acceptors (Lipinski definition) is 3. The van der Waals surface area contributed by atoms with Gasteiger partial charge < -0.3 is 16.2 Å². The second-order valence-electron chi connectivity index (χ2n) is 3.55. The lowest BCUT2D eigenvalue weighted by Crippen LogP contribution is -2.24. The maximum atomic E-state index is 11.7. The number of unbranched alkanes of at least 4 members (excludes halogenated alkanes) is 1. The van der Waals surface area contributed by atoms with Crippen molar-refractivity contribution in [3.63, 3.8) is 0 Å². The Bertz CT molecular complexity index is 387. The molecule has 0 spiro atoms. The summed E-state index contributed by atoms with van der Waals surface area (Å²) >= 11 is 11.6. The van der Waals surface area contributed by atoms with Gasteiger partial charge in [-0.1, -0.05) is 23.2 Å². The van der Waals surface area contributed by atoms with Crippen molar-refractivity contribution in [3.8, 4) is 0 Å². The lowest BCUT2D eigenvalue weighted by atomic mass is 10.2. The van der Waals surface area contributed by atoms with Gasteiger partial charge in [0.05, 0.1) is 15.7 Å². The highest BCUT2D eigenvalue weighted by atomic mass is 35.5. The highest BCUT2D eigenvalue weighted by molar-refractivity contribution is 6.43. The van der Waals surface area contributed by atoms with Gasteiger partial charge in [0.15, 0.2) is 0 Å². The number of carbonyl (C=O) groups is 1. The van der Waals surface area contributed by atoms with Crippen LogP contribution in [0.15, 0.2) is 12.1 Å². The summed E-state index contributed by atoms with van der Waals surface area (Å²) in [5.74, 6) is -0.256. The first-order valence-electron chi connectivity index (χ1n) is 5.20. The van der Waals surface area contributed by atoms with E-state index in [4.69, 9.17) is 34.0 Å². The summed E-state index contributed by atoms with van der Waals surface area (Å²) in [6.45, 7) is 0.620. The van der Waals surface area contributed by atoms with Gasteiger partial charge >= 0.3 is 0 Å². The van der Waals surface area contributed by atoms with Gasteiger partial charge in [0.1, 0.15) is 0 Å². The quantitative estimate of drug-likeness (QED) is 0.569. The van der Waals surface area contributed by atoms with E-state index in [1.54, 1.807) is 0 Å². The molecule has 0 aliphatic heterocycles. The molecule has 4 N–H and O–H groups in total. The lowest BCUT2D eigenvalue weighted by molar-refractivity contribution is 0.0952. The Labute approximate surface area is 110 Å². The predicted molar refractivity (Wildman–Crippen MR) is 69.5 cm³/mol. The number of aliphatic hydroxyl groups is 1. The summed E-state index contributed by atoms with van der Waals surface area (Å²) in [6.07, 6.45) is 1.38. The summed E-state index contributed by atoms with van der Waals surface area (Å²) in [4.78, 5) is 11.7. The van der Waals surface area contributed by atoms with Gasteiger partial charge in [0.2, 0.25) is 0 Å². The Morgan fingerprint density at radius 1 is 1.35 bits per heavy atom. The van der Waals surface area contributed by atoms with Crippen LogP contribution in [0.25, 0.3) is 0 Å². The second kappa shape index (κ2) is 6.69. The Morgan fingerprint density at radius 2 is 2.06 bits per heavy atom. The van der Waals surface area contributed by atoms with Crippen molar-refractivity contribution in [3.05, 3.63) is 27.7 Å². The number of benzene rings is 1. The zero-order valence-corrected chi connectivity index (χ0v) is 10.7. The molecule has 6 heteroatoms. The molecule has 0 aromatic heterocycles. The van der Waals surface area contributed by atoms with Gasteiger partial charge in [-0.15, -0.1) is 0 Å². The topological polar surface area (TPSA) is 75.4 Å². The van der Waals surface area contributed by atoms with Crippen LogP contribution in [0.1, 0.15) is 23.2 Å². The average Bonchev–Trinajstić information content (AvgIpc) is 2.30. The maximum absolute atomic E-state index is 11.7. The first-order chi connectivity index (χ1) is 8.06. The van der Waals surface area contributed by atoms with E-state index in [9.17, 15) is 4.79 Å². The van der Waals surface area contributed by atoms with Gasteiger partial charge in [-0.05, 0) is 25.0 Å². The zero-order chi connectivity index (χ0) is 12.8. The van der Waals surface area contributed by atoms with Crippen LogP contribution in [-0.2, 0) is 0 Å². The molecule has 0 aliphatic rings. The van der Waals surface area contributed by atoms with E-state index in [-0.39, 0.29) is 28.2 Å². The van der Waals surface area contributed by atoms with E-state index in [1.807, 2.05) is 0 Å². The number of nitrogen functional groups attached to an aromatic ring is 1. The Kier molecular flexibility index (Phi) is 5.55. The molecule has 0 saturated carbocycles. The molecule has 0 aliphatic carbocycles. The molecule has 4 nitrogen and oxygen atoms in total. The molecule has 1 rings (SSSR count). The summed E-state index contributed by atoms with van der Waals surface area (Å²) in [7, 11) is 0. The van der Waals surface area contributed by atoms with Crippen molar-refractivity contribution in [2.45, 2.75) is 12.8 Å². The van der Waals surface area contributed by atoms with Gasteiger partial charge in [-0.25, -0.2) is 0 Å². The van der Waals surface area contributed by atoms with Crippen LogP contribution in [0.2, 0.25) is 10.0 Å². The molecule has 1 amide bonds. The Hall–Kier alpha value is -0.970. The van der Waals surface area contributed by atoms with Crippen LogP contribution in [0.4, 0.5) is 5.69 Å². The number of amides is 1. The lowest BCUT2D eigenvalue weighted by Gasteiger charge is -2.07. The van der Waals surface area contributed by atoms with Crippen molar-refractivity contribution in [2.24, 2.45) is 0 Å². The van der Waals surface area contributed by atoms with E-state index < -0.39 is 0 Å². The van der Waals surface area contributed by atoms with E-state index in [0.717, 1.165) is 6.42 Å². The van der Waals surface area contributed by atoms with Crippen molar-refractivity contribution >= 4 is 34.8 Å². The van der Waals surface area contributed by atoms with Crippen molar-refractivity contribution in [2.75, 3.05) is 18.9 Å². The first-order valence-corrected chi connectivity index (χ1v) is 5.95. The molecular formula is C11H14Cl2N2O2. The smallest absolute Gasteiger partial charge is 0.251 e. The highest BCUT2D eigenvalue weighted by Gasteiger charge is 2.10. The summed E-state index contributed by atoms with van der Waals surface area (Å²) in [6, 6.07) is 2.96. The third-order valence-corrected chi connectivity index (χ3v) is 3.01. The van der Waals surface area contributed by atoms with Crippen molar-refractivity contribution < 1.29 is 9.90 Å². The minimum atomic E-state index is -0.256. The predicted octanol–water partition coefficient (Wildman–Crippen LogP) is 2.08. The third-order valence-electron chi connectivity index (χ3n) is 2.19. The van der Waals surface area contributed by atoms with E-state index in [0.29, 0.717) is 18.5 Å². The summed E-state index contributed by atoms with van der Waals surface area (Å²) < 4.78 is 0. The van der Waals surface area contributed by atoms with Gasteiger partial charge in [0.25, 0.3) is 5.91 Å². The minimum absolute atomic E-state index is 0.121. The fraction of sp³-hybridized carbons (Fsp3) is 0.364. The van der Waals surface area contributed by atoms with Crippen LogP contribution in [0.3, 0.4) is 0 Å². The fourth-order valence-corrected chi connectivity index (χ4v) is 1.62. The second-order valence-corrected chi connectivity index (χ2v) is 4.33. The number of nitrogens with two attached hydrogens (primary N) is 1. The first kappa shape index (κ1) is 14.1. The molecule has 0 saturated heterocycles. The molecule has 94 valence electrons. The SMILES string of the molecule is Nc1cc(C(=O)NCCCCO)cc(Cl)c1Cl. The maximum Gasteiger partial charge on any atom is 0.251 e. The molecule has 0 radical (unpaired) electrons. The number of aliphatic hydroxyl groups excluding tert-OH is 1. The number of carbonyl (C=O) groups excluding carboxylic acids is 1. The van der Waals surface area contributed by atoms with E-state index >= 15 is 0 Å². The van der Waals surface area contributed by atoms with Gasteiger partial charge in [-0.3, -0.25) is 4.79 Å². The number of rotatable bonds is 5. The number of hydrogen-bond donors (Lipinski definition) is 3. The van der Waals surface area contributed by atoms with Crippen LogP contribution < -0.4 is 11.1 Å². The Balaban J connectivity index is 2.63. The van der Waals surface area contributed by atoms with Crippen LogP contribution in [-0.4, -0.2) is 24.2 Å². The van der Waals surface area contributed by atoms with Crippen molar-refractivity contribution in [1.82, 2.24) is 5.32 Å². The molecule has 0 atom stereocenters. The summed E-state index contributed by atoms with van der Waals surface area (Å²) in [5.41, 5.74) is 6.26. The van der Waals surface area contributed by atoms with Crippen LogP contribution >= 0.6 is 23.2 Å². The standard InChI is InChI=1S/C11H14Cl2N2O2/c12-8-5-7(6-9(14)10(8)13)11(17)15-3-1-2-4-16/h5-6,16H,1-4,14H2,(H,15,17). The van der Waals surface area contributed by atoms with Gasteiger partial charge in [-0.2, -0.15) is 0 Å². The largest absolute Gasteiger partial charge is 0.397 e. The molecule has 0 bridgehead atoms. The Morgan fingerprint density at radius 3 is 2.65 bits per heavy atom. The molecule has 0 heterocycles. The molecule has 17 heavy (non-hydrogen) atoms. The molecule has 0 unspecified atom stereocenters. The van der Waals surface area contributed by atoms with Crippen molar-refractivity contribution in [1.29, 1.82) is 0 Å². The molecule has 1 aromatic rings. The van der Waals surface area contributed by atoms with Gasteiger partial charge in [0, 0.05) is 18.7 Å². The monoisotopic (exact) mass is 276 g/mol. The van der Waals surface area contributed by atoms with Crippen LogP contribution in [0, 0.1) is 0 Å².